The molecule has 1 unspecified atom stereocenters. The number of aromatic nitrogens is 2. The molecule has 0 fully saturated rings. The van der Waals surface area contributed by atoms with Crippen LogP contribution in [0.15, 0.2) is 52.3 Å². The number of nitrogens with one attached hydrogen (secondary N) is 1. The quantitative estimate of drug-likeness (QED) is 0.424. The van der Waals surface area contributed by atoms with Gasteiger partial charge in [-0.25, -0.2) is 13.4 Å². The molecule has 1 amide bonds. The van der Waals surface area contributed by atoms with Crippen molar-refractivity contribution in [1.29, 1.82) is 0 Å². The number of alkyl halides is 2. The zero-order valence-electron chi connectivity index (χ0n) is 20.6. The van der Waals surface area contributed by atoms with Gasteiger partial charge in [0.15, 0.2) is 15.0 Å². The Morgan fingerprint density at radius 1 is 1.16 bits per heavy atom. The number of amides is 1. The number of sulfone groups is 1. The minimum absolute atomic E-state index is 0.0124. The second-order valence-electron chi connectivity index (χ2n) is 9.25. The van der Waals surface area contributed by atoms with Crippen LogP contribution in [0.5, 0.6) is 0 Å². The molecule has 1 aliphatic rings. The van der Waals surface area contributed by atoms with Gasteiger partial charge in [-0.2, -0.15) is 8.78 Å². The number of hydrogen-bond acceptors (Lipinski definition) is 7. The molecule has 0 saturated heterocycles. The largest absolute Gasteiger partial charge is 0.321 e. The van der Waals surface area contributed by atoms with Crippen molar-refractivity contribution in [2.24, 2.45) is 5.92 Å². The second kappa shape index (κ2) is 10.8. The molecule has 2 aromatic heterocycles. The summed E-state index contributed by atoms with van der Waals surface area (Å²) in [5, 5.41) is 3.32. The van der Waals surface area contributed by atoms with E-state index in [1.54, 1.807) is 25.1 Å². The molecule has 3 aromatic rings. The van der Waals surface area contributed by atoms with Crippen LogP contribution in [-0.2, 0) is 34.1 Å². The van der Waals surface area contributed by atoms with Crippen LogP contribution in [0.25, 0.3) is 0 Å². The normalized spacial score (nSPS) is 15.9. The van der Waals surface area contributed by atoms with Crippen LogP contribution in [0.3, 0.4) is 0 Å². The Kier molecular flexibility index (Phi) is 7.91. The van der Waals surface area contributed by atoms with Crippen LogP contribution in [-0.4, -0.2) is 34.5 Å². The Morgan fingerprint density at radius 2 is 1.84 bits per heavy atom. The number of halogens is 2. The maximum Gasteiger partial charge on any atom is 0.321 e. The number of anilines is 1. The smallest absolute Gasteiger partial charge is 0.302 e. The average molecular weight is 551 g/mol. The highest BCUT2D eigenvalue weighted by atomic mass is 32.2. The molecule has 4 rings (SSSR count). The first kappa shape index (κ1) is 27.1. The van der Waals surface area contributed by atoms with Crippen LogP contribution >= 0.6 is 11.3 Å². The summed E-state index contributed by atoms with van der Waals surface area (Å²) < 4.78 is 50.6. The van der Waals surface area contributed by atoms with Crippen molar-refractivity contribution >= 4 is 32.2 Å². The van der Waals surface area contributed by atoms with Gasteiger partial charge in [-0.1, -0.05) is 39.0 Å². The molecule has 8 nitrogen and oxygen atoms in total. The fourth-order valence-corrected chi connectivity index (χ4v) is 6.40. The van der Waals surface area contributed by atoms with Crippen molar-refractivity contribution < 1.29 is 22.0 Å². The van der Waals surface area contributed by atoms with Gasteiger partial charge in [-0.3, -0.25) is 19.1 Å². The Hall–Kier alpha value is -2.96. The summed E-state index contributed by atoms with van der Waals surface area (Å²) in [5.41, 5.74) is 1.40. The van der Waals surface area contributed by atoms with Crippen LogP contribution < -0.4 is 10.9 Å². The SMILES string of the molecule is CCS(=O)(=O)c1ccc(CC(=O)Nc2nc3c(s2)CN(Cc2ccc(=O)n(C(F)F)c2)C3C(C)C)cc1. The van der Waals surface area contributed by atoms with E-state index in [-0.39, 0.29) is 34.9 Å². The Labute approximate surface area is 217 Å². The van der Waals surface area contributed by atoms with E-state index in [0.717, 1.165) is 16.6 Å². The minimum atomic E-state index is -3.30. The number of thiazole rings is 1. The number of nitrogens with zero attached hydrogens (tertiary/aromatic N) is 3. The van der Waals surface area contributed by atoms with Crippen LogP contribution in [0.4, 0.5) is 13.9 Å². The molecular formula is C25H28F2N4O4S2. The van der Waals surface area contributed by atoms with Crippen molar-refractivity contribution in [2.75, 3.05) is 11.1 Å². The van der Waals surface area contributed by atoms with Crippen molar-refractivity contribution in [3.63, 3.8) is 0 Å². The van der Waals surface area contributed by atoms with E-state index in [9.17, 15) is 26.8 Å². The van der Waals surface area contributed by atoms with Gasteiger partial charge in [0.1, 0.15) is 0 Å². The highest BCUT2D eigenvalue weighted by Gasteiger charge is 2.36. The summed E-state index contributed by atoms with van der Waals surface area (Å²) in [7, 11) is -3.30. The summed E-state index contributed by atoms with van der Waals surface area (Å²) in [6.07, 6.45) is 1.27. The summed E-state index contributed by atoms with van der Waals surface area (Å²) in [6, 6.07) is 8.93. The Bertz CT molecular complexity index is 1450. The molecule has 1 N–H and O–H groups in total. The van der Waals surface area contributed by atoms with Crippen molar-refractivity contribution in [3.8, 4) is 0 Å². The molecule has 37 heavy (non-hydrogen) atoms. The Morgan fingerprint density at radius 3 is 2.46 bits per heavy atom. The fourth-order valence-electron chi connectivity index (χ4n) is 4.47. The number of hydrogen-bond donors (Lipinski definition) is 1. The number of benzene rings is 1. The van der Waals surface area contributed by atoms with E-state index in [0.29, 0.717) is 33.9 Å². The molecule has 0 aliphatic carbocycles. The highest BCUT2D eigenvalue weighted by molar-refractivity contribution is 7.91. The third-order valence-electron chi connectivity index (χ3n) is 6.25. The van der Waals surface area contributed by atoms with E-state index < -0.39 is 21.9 Å². The summed E-state index contributed by atoms with van der Waals surface area (Å²) >= 11 is 1.38. The maximum absolute atomic E-state index is 13.1. The lowest BCUT2D eigenvalue weighted by Crippen LogP contribution is -2.27. The molecule has 1 aliphatic heterocycles. The lowest BCUT2D eigenvalue weighted by atomic mass is 10.0. The molecule has 1 aromatic carbocycles. The zero-order valence-corrected chi connectivity index (χ0v) is 22.3. The maximum atomic E-state index is 13.1. The third-order valence-corrected chi connectivity index (χ3v) is 8.97. The number of rotatable bonds is 9. The van der Waals surface area contributed by atoms with Crippen LogP contribution in [0.2, 0.25) is 0 Å². The number of fused-ring (bicyclic) bond motifs is 1. The first-order valence-electron chi connectivity index (χ1n) is 11.8. The number of carbonyl (C=O) groups excluding carboxylic acids is 1. The number of carbonyl (C=O) groups is 1. The van der Waals surface area contributed by atoms with E-state index in [1.807, 2.05) is 13.8 Å². The first-order chi connectivity index (χ1) is 17.5. The zero-order chi connectivity index (χ0) is 26.9. The van der Waals surface area contributed by atoms with Gasteiger partial charge >= 0.3 is 6.55 Å². The molecule has 12 heteroatoms. The van der Waals surface area contributed by atoms with Gasteiger partial charge in [-0.05, 0) is 29.2 Å². The van der Waals surface area contributed by atoms with Crippen molar-refractivity contribution in [3.05, 3.63) is 74.6 Å². The van der Waals surface area contributed by atoms with Crippen molar-refractivity contribution in [2.45, 2.75) is 57.8 Å². The molecule has 3 heterocycles. The Balaban J connectivity index is 1.44. The van der Waals surface area contributed by atoms with Gasteiger partial charge in [0.25, 0.3) is 5.56 Å². The number of pyridine rings is 1. The minimum Gasteiger partial charge on any atom is -0.302 e. The molecule has 0 saturated carbocycles. The predicted octanol–water partition coefficient (Wildman–Crippen LogP) is 4.39. The molecule has 1 atom stereocenters. The van der Waals surface area contributed by atoms with E-state index in [2.05, 4.69) is 15.2 Å². The molecule has 0 spiro atoms. The fraction of sp³-hybridized carbons (Fsp3) is 0.400. The van der Waals surface area contributed by atoms with Gasteiger partial charge in [0, 0.05) is 30.2 Å². The predicted molar refractivity (Wildman–Crippen MR) is 137 cm³/mol. The molecule has 0 bridgehead atoms. The molecule has 0 radical (unpaired) electrons. The van der Waals surface area contributed by atoms with Gasteiger partial charge < -0.3 is 5.32 Å². The summed E-state index contributed by atoms with van der Waals surface area (Å²) in [6.45, 7) is 3.71. The lowest BCUT2D eigenvalue weighted by molar-refractivity contribution is -0.115. The monoisotopic (exact) mass is 550 g/mol. The van der Waals surface area contributed by atoms with E-state index in [4.69, 9.17) is 0 Å². The van der Waals surface area contributed by atoms with Gasteiger partial charge in [-0.15, -0.1) is 11.3 Å². The standard InChI is InChI=1S/C25H28F2N4O4S2/c1-4-37(34,35)18-8-5-16(6-9-18)11-20(32)28-25-29-22-19(36-25)14-30(23(22)15(2)3)12-17-7-10-21(33)31(13-17)24(26)27/h5-10,13,15,23-24H,4,11-12,14H2,1-3H3,(H,28,29,32). The summed E-state index contributed by atoms with van der Waals surface area (Å²) in [5.74, 6) is -0.0742. The van der Waals surface area contributed by atoms with E-state index >= 15 is 0 Å². The second-order valence-corrected chi connectivity index (χ2v) is 12.6. The van der Waals surface area contributed by atoms with Crippen LogP contribution in [0.1, 0.15) is 55.1 Å². The van der Waals surface area contributed by atoms with Crippen molar-refractivity contribution in [1.82, 2.24) is 14.5 Å². The molecule has 198 valence electrons. The lowest BCUT2D eigenvalue weighted by Gasteiger charge is -2.27. The third kappa shape index (κ3) is 5.97. The highest BCUT2D eigenvalue weighted by Crippen LogP contribution is 2.43. The van der Waals surface area contributed by atoms with Crippen LogP contribution in [0, 0.1) is 5.92 Å². The molecular weight excluding hydrogens is 522 g/mol. The average Bonchev–Trinajstić information content (AvgIpc) is 3.36. The van der Waals surface area contributed by atoms with Gasteiger partial charge in [0.2, 0.25) is 5.91 Å². The first-order valence-corrected chi connectivity index (χ1v) is 14.3. The van der Waals surface area contributed by atoms with E-state index in [1.165, 1.54) is 29.7 Å². The van der Waals surface area contributed by atoms with Gasteiger partial charge in [0.05, 0.1) is 28.8 Å². The summed E-state index contributed by atoms with van der Waals surface area (Å²) in [4.78, 5) is 32.3. The topological polar surface area (TPSA) is 101 Å².